The summed E-state index contributed by atoms with van der Waals surface area (Å²) in [5.74, 6) is -2.11. The third-order valence-electron chi connectivity index (χ3n) is 3.94. The fourth-order valence-corrected chi connectivity index (χ4v) is 3.06. The molecule has 0 bridgehead atoms. The minimum atomic E-state index is -4.88. The lowest BCUT2D eigenvalue weighted by Crippen LogP contribution is -2.28. The molecule has 2 rings (SSSR count). The summed E-state index contributed by atoms with van der Waals surface area (Å²) in [6, 6.07) is 9.57. The summed E-state index contributed by atoms with van der Waals surface area (Å²) in [4.78, 5) is 24.0. The van der Waals surface area contributed by atoms with Gasteiger partial charge in [-0.1, -0.05) is 23.7 Å². The largest absolute Gasteiger partial charge is 0.573 e. The predicted octanol–water partition coefficient (Wildman–Crippen LogP) is 3.43. The Kier molecular flexibility index (Phi) is 8.47. The number of carbonyl (C=O) groups excluding carboxylic acids is 2. The number of hydrogen-bond acceptors (Lipinski definition) is 5. The Bertz CT molecular complexity index is 1080. The van der Waals surface area contributed by atoms with Crippen LogP contribution in [0.1, 0.15) is 22.3 Å². The van der Waals surface area contributed by atoms with Crippen molar-refractivity contribution >= 4 is 39.2 Å². The fourth-order valence-electron chi connectivity index (χ4n) is 2.49. The number of halogens is 4. The minimum Gasteiger partial charge on any atom is -0.404 e. The highest BCUT2D eigenvalue weighted by atomic mass is 35.5. The lowest BCUT2D eigenvalue weighted by atomic mass is 10.1. The van der Waals surface area contributed by atoms with Crippen LogP contribution in [0.15, 0.2) is 42.5 Å². The summed E-state index contributed by atoms with van der Waals surface area (Å²) in [5.41, 5.74) is 1.21. The number of ether oxygens (including phenoxy) is 1. The normalized spacial score (nSPS) is 11.7. The van der Waals surface area contributed by atoms with E-state index >= 15 is 0 Å². The molecule has 0 unspecified atom stereocenters. The Morgan fingerprint density at radius 1 is 1.09 bits per heavy atom. The van der Waals surface area contributed by atoms with E-state index in [0.29, 0.717) is 6.42 Å². The van der Waals surface area contributed by atoms with E-state index in [1.807, 2.05) is 0 Å². The highest BCUT2D eigenvalue weighted by Crippen LogP contribution is 2.32. The van der Waals surface area contributed by atoms with Crippen LogP contribution in [0.4, 0.5) is 18.9 Å². The van der Waals surface area contributed by atoms with Gasteiger partial charge in [0.05, 0.1) is 10.8 Å². The number of carbonyl (C=O) groups is 2. The van der Waals surface area contributed by atoms with E-state index in [9.17, 15) is 31.2 Å². The van der Waals surface area contributed by atoms with Gasteiger partial charge >= 0.3 is 6.36 Å². The van der Waals surface area contributed by atoms with Gasteiger partial charge in [-0.2, -0.15) is 8.42 Å². The monoisotopic (exact) mass is 494 g/mol. The molecule has 2 aromatic rings. The maximum absolute atomic E-state index is 12.3. The third-order valence-corrected chi connectivity index (χ3v) is 4.96. The Balaban J connectivity index is 1.84. The lowest BCUT2D eigenvalue weighted by Gasteiger charge is -2.12. The van der Waals surface area contributed by atoms with E-state index in [-0.39, 0.29) is 29.2 Å². The van der Waals surface area contributed by atoms with Gasteiger partial charge in [0, 0.05) is 24.2 Å². The van der Waals surface area contributed by atoms with E-state index < -0.39 is 39.8 Å². The van der Waals surface area contributed by atoms with Crippen LogP contribution < -0.4 is 15.4 Å². The highest BCUT2D eigenvalue weighted by Gasteiger charge is 2.32. The molecule has 13 heteroatoms. The molecule has 2 aromatic carbocycles. The zero-order valence-electron chi connectivity index (χ0n) is 16.3. The predicted molar refractivity (Wildman–Crippen MR) is 110 cm³/mol. The van der Waals surface area contributed by atoms with E-state index in [0.717, 1.165) is 17.7 Å². The topological polar surface area (TPSA) is 122 Å². The molecule has 0 aromatic heterocycles. The van der Waals surface area contributed by atoms with E-state index in [4.69, 9.17) is 16.2 Å². The van der Waals surface area contributed by atoms with Crippen LogP contribution in [0.25, 0.3) is 0 Å². The van der Waals surface area contributed by atoms with E-state index in [1.54, 1.807) is 12.1 Å². The zero-order valence-corrected chi connectivity index (χ0v) is 17.9. The Morgan fingerprint density at radius 3 is 2.31 bits per heavy atom. The van der Waals surface area contributed by atoms with Crippen molar-refractivity contribution in [3.8, 4) is 5.75 Å². The smallest absolute Gasteiger partial charge is 0.404 e. The van der Waals surface area contributed by atoms with E-state index in [1.165, 1.54) is 18.2 Å². The van der Waals surface area contributed by atoms with Crippen LogP contribution in [-0.2, 0) is 21.3 Å². The Morgan fingerprint density at radius 2 is 1.75 bits per heavy atom. The molecule has 0 saturated heterocycles. The van der Waals surface area contributed by atoms with Gasteiger partial charge < -0.3 is 15.4 Å². The van der Waals surface area contributed by atoms with Crippen LogP contribution >= 0.6 is 11.6 Å². The molecule has 0 radical (unpaired) electrons. The van der Waals surface area contributed by atoms with Gasteiger partial charge in [-0.3, -0.25) is 14.1 Å². The molecule has 0 aliphatic rings. The summed E-state index contributed by atoms with van der Waals surface area (Å²) in [6.45, 7) is -0.243. The van der Waals surface area contributed by atoms with Crippen LogP contribution in [0.3, 0.4) is 0 Å². The van der Waals surface area contributed by atoms with Crippen molar-refractivity contribution in [1.82, 2.24) is 5.32 Å². The minimum absolute atomic E-state index is 0.0539. The maximum atomic E-state index is 12.3. The molecule has 0 heterocycles. The van der Waals surface area contributed by atoms with Crippen molar-refractivity contribution in [3.63, 3.8) is 0 Å². The molecular weight excluding hydrogens is 477 g/mol. The first-order valence-electron chi connectivity index (χ1n) is 9.00. The zero-order chi connectivity index (χ0) is 23.9. The highest BCUT2D eigenvalue weighted by molar-refractivity contribution is 7.85. The van der Waals surface area contributed by atoms with Gasteiger partial charge in [-0.05, 0) is 42.3 Å². The number of rotatable bonds is 9. The lowest BCUT2D eigenvalue weighted by molar-refractivity contribution is -0.274. The number of benzene rings is 2. The average Bonchev–Trinajstić information content (AvgIpc) is 2.67. The van der Waals surface area contributed by atoms with Crippen molar-refractivity contribution in [2.45, 2.75) is 19.2 Å². The maximum Gasteiger partial charge on any atom is 0.573 e. The quantitative estimate of drug-likeness (QED) is 0.459. The molecule has 0 aliphatic carbocycles. The number of alkyl halides is 3. The fraction of sp³-hybridized carbons (Fsp3) is 0.263. The van der Waals surface area contributed by atoms with Crippen LogP contribution in [0.5, 0.6) is 5.75 Å². The van der Waals surface area contributed by atoms with E-state index in [2.05, 4.69) is 15.4 Å². The van der Waals surface area contributed by atoms with Gasteiger partial charge in [-0.15, -0.1) is 13.2 Å². The molecule has 0 atom stereocenters. The molecule has 3 N–H and O–H groups in total. The summed E-state index contributed by atoms with van der Waals surface area (Å²) in [6.07, 6.45) is -4.51. The number of anilines is 1. The van der Waals surface area contributed by atoms with Crippen molar-refractivity contribution in [2.75, 3.05) is 17.6 Å². The van der Waals surface area contributed by atoms with Gasteiger partial charge in [0.1, 0.15) is 5.75 Å². The molecule has 174 valence electrons. The third kappa shape index (κ3) is 9.12. The van der Waals surface area contributed by atoms with Gasteiger partial charge in [0.25, 0.3) is 16.0 Å². The van der Waals surface area contributed by atoms with Crippen LogP contribution in [0, 0.1) is 0 Å². The molecule has 0 spiro atoms. The second-order valence-electron chi connectivity index (χ2n) is 6.48. The van der Waals surface area contributed by atoms with Crippen molar-refractivity contribution in [1.29, 1.82) is 0 Å². The first-order chi connectivity index (χ1) is 14.8. The Labute approximate surface area is 186 Å². The van der Waals surface area contributed by atoms with Crippen molar-refractivity contribution < 1.29 is 40.5 Å². The van der Waals surface area contributed by atoms with Gasteiger partial charge in [-0.25, -0.2) is 0 Å². The first-order valence-corrected chi connectivity index (χ1v) is 11.0. The first kappa shape index (κ1) is 25.4. The number of hydrogen-bond donors (Lipinski definition) is 3. The van der Waals surface area contributed by atoms with Crippen molar-refractivity contribution in [3.05, 3.63) is 58.6 Å². The molecular formula is C19H18ClF3N2O6S. The van der Waals surface area contributed by atoms with Gasteiger partial charge in [0.2, 0.25) is 5.91 Å². The van der Waals surface area contributed by atoms with Crippen molar-refractivity contribution in [2.24, 2.45) is 0 Å². The average molecular weight is 495 g/mol. The second kappa shape index (κ2) is 10.7. The standard InChI is InChI=1S/C19H18ClF3N2O6S/c20-15-11-14(6-7-16(15)31-19(21,22)23)25-17(26)8-3-12-1-4-13(5-2-12)18(27)24-9-10-32(28,29)30/h1-2,4-7,11H,3,8-10H2,(H,24,27)(H,25,26)(H,28,29,30). The summed E-state index contributed by atoms with van der Waals surface area (Å²) in [5, 5.41) is 4.55. The van der Waals surface area contributed by atoms with Crippen LogP contribution in [-0.4, -0.2) is 43.4 Å². The number of aryl methyl sites for hydroxylation is 1. The molecule has 0 fully saturated rings. The summed E-state index contributed by atoms with van der Waals surface area (Å²) in [7, 11) is -4.17. The molecule has 0 aliphatic heterocycles. The summed E-state index contributed by atoms with van der Waals surface area (Å²) >= 11 is 5.74. The molecule has 32 heavy (non-hydrogen) atoms. The van der Waals surface area contributed by atoms with Gasteiger partial charge in [0.15, 0.2) is 0 Å². The summed E-state index contributed by atoms with van der Waals surface area (Å²) < 4.78 is 70.4. The Hall–Kier alpha value is -2.83. The molecule has 0 saturated carbocycles. The van der Waals surface area contributed by atoms with Crippen LogP contribution in [0.2, 0.25) is 5.02 Å². The molecule has 2 amide bonds. The molecule has 8 nitrogen and oxygen atoms in total. The second-order valence-corrected chi connectivity index (χ2v) is 8.46. The number of amides is 2. The number of nitrogens with one attached hydrogen (secondary N) is 2. The SMILES string of the molecule is O=C(CCc1ccc(C(=O)NCCS(=O)(=O)O)cc1)Nc1ccc(OC(F)(F)F)c(Cl)c1.